The SMILES string of the molecule is COc1cc(CCNS(=O)(=O)c2ccc(Cl)cc2)cc(OC)c1OC. The molecular formula is C17H20ClNO5S. The predicted octanol–water partition coefficient (Wildman–Crippen LogP) is 2.89. The Kier molecular flexibility index (Phi) is 6.52. The fourth-order valence-corrected chi connectivity index (χ4v) is 3.46. The molecule has 0 fully saturated rings. The molecule has 136 valence electrons. The molecule has 1 N–H and O–H groups in total. The van der Waals surface area contributed by atoms with Crippen LogP contribution in [0.5, 0.6) is 17.2 Å². The number of ether oxygens (including phenoxy) is 3. The summed E-state index contributed by atoms with van der Waals surface area (Å²) in [6.45, 7) is 0.226. The van der Waals surface area contributed by atoms with Crippen molar-refractivity contribution >= 4 is 21.6 Å². The highest BCUT2D eigenvalue weighted by molar-refractivity contribution is 7.89. The summed E-state index contributed by atoms with van der Waals surface area (Å²) in [5, 5.41) is 0.483. The van der Waals surface area contributed by atoms with Crippen molar-refractivity contribution in [2.24, 2.45) is 0 Å². The summed E-state index contributed by atoms with van der Waals surface area (Å²) in [6, 6.07) is 9.58. The number of benzene rings is 2. The number of rotatable bonds is 8. The van der Waals surface area contributed by atoms with Crippen molar-refractivity contribution in [1.29, 1.82) is 0 Å². The topological polar surface area (TPSA) is 73.9 Å². The number of nitrogens with one attached hydrogen (secondary N) is 1. The van der Waals surface area contributed by atoms with Crippen LogP contribution in [0.2, 0.25) is 5.02 Å². The zero-order valence-corrected chi connectivity index (χ0v) is 15.8. The summed E-state index contributed by atoms with van der Waals surface area (Å²) < 4.78 is 42.9. The third-order valence-corrected chi connectivity index (χ3v) is 5.28. The second-order valence-electron chi connectivity index (χ2n) is 5.14. The van der Waals surface area contributed by atoms with Gasteiger partial charge in [0, 0.05) is 11.6 Å². The van der Waals surface area contributed by atoms with E-state index in [1.54, 1.807) is 12.1 Å². The first kappa shape index (κ1) is 19.4. The molecular weight excluding hydrogens is 366 g/mol. The van der Waals surface area contributed by atoms with Crippen molar-refractivity contribution in [3.8, 4) is 17.2 Å². The fraction of sp³-hybridized carbons (Fsp3) is 0.294. The van der Waals surface area contributed by atoms with Crippen molar-refractivity contribution in [3.63, 3.8) is 0 Å². The lowest BCUT2D eigenvalue weighted by atomic mass is 10.1. The molecule has 0 saturated carbocycles. The summed E-state index contributed by atoms with van der Waals surface area (Å²) in [5.41, 5.74) is 0.855. The average molecular weight is 386 g/mol. The minimum absolute atomic E-state index is 0.168. The van der Waals surface area contributed by atoms with Gasteiger partial charge in [0.1, 0.15) is 0 Å². The maximum Gasteiger partial charge on any atom is 0.240 e. The summed E-state index contributed by atoms with van der Waals surface area (Å²) in [4.78, 5) is 0.168. The summed E-state index contributed by atoms with van der Waals surface area (Å²) >= 11 is 5.78. The summed E-state index contributed by atoms with van der Waals surface area (Å²) in [5.74, 6) is 1.55. The van der Waals surface area contributed by atoms with Gasteiger partial charge in [0.25, 0.3) is 0 Å². The van der Waals surface area contributed by atoms with Gasteiger partial charge in [0.2, 0.25) is 15.8 Å². The van der Waals surface area contributed by atoms with Crippen LogP contribution in [-0.2, 0) is 16.4 Å². The molecule has 25 heavy (non-hydrogen) atoms. The van der Waals surface area contributed by atoms with E-state index in [9.17, 15) is 8.42 Å². The number of hydrogen-bond donors (Lipinski definition) is 1. The number of methoxy groups -OCH3 is 3. The van der Waals surface area contributed by atoms with Crippen molar-refractivity contribution in [3.05, 3.63) is 47.0 Å². The van der Waals surface area contributed by atoms with E-state index in [1.807, 2.05) is 0 Å². The first-order valence-electron chi connectivity index (χ1n) is 7.45. The van der Waals surface area contributed by atoms with Gasteiger partial charge in [0.05, 0.1) is 26.2 Å². The van der Waals surface area contributed by atoms with E-state index in [-0.39, 0.29) is 11.4 Å². The zero-order valence-electron chi connectivity index (χ0n) is 14.2. The third kappa shape index (κ3) is 4.78. The van der Waals surface area contributed by atoms with Crippen LogP contribution in [0, 0.1) is 0 Å². The molecule has 2 aromatic carbocycles. The Morgan fingerprint density at radius 2 is 1.52 bits per heavy atom. The molecule has 0 saturated heterocycles. The lowest BCUT2D eigenvalue weighted by Crippen LogP contribution is -2.26. The number of sulfonamides is 1. The van der Waals surface area contributed by atoms with Crippen LogP contribution in [0.3, 0.4) is 0 Å². The van der Waals surface area contributed by atoms with Crippen LogP contribution in [0.4, 0.5) is 0 Å². The maximum absolute atomic E-state index is 12.3. The summed E-state index contributed by atoms with van der Waals surface area (Å²) in [6.07, 6.45) is 0.462. The third-order valence-electron chi connectivity index (χ3n) is 3.55. The highest BCUT2D eigenvalue weighted by Crippen LogP contribution is 2.38. The monoisotopic (exact) mass is 385 g/mol. The van der Waals surface area contributed by atoms with E-state index in [4.69, 9.17) is 25.8 Å². The van der Waals surface area contributed by atoms with E-state index >= 15 is 0 Å². The Hall–Kier alpha value is -1.96. The molecule has 0 amide bonds. The molecule has 2 rings (SSSR count). The van der Waals surface area contributed by atoms with Crippen LogP contribution < -0.4 is 18.9 Å². The van der Waals surface area contributed by atoms with Crippen LogP contribution in [0.15, 0.2) is 41.3 Å². The molecule has 0 aliphatic heterocycles. The van der Waals surface area contributed by atoms with Gasteiger partial charge in [-0.15, -0.1) is 0 Å². The average Bonchev–Trinajstić information content (AvgIpc) is 2.61. The van der Waals surface area contributed by atoms with Gasteiger partial charge in [0.15, 0.2) is 11.5 Å². The molecule has 0 unspecified atom stereocenters. The van der Waals surface area contributed by atoms with Crippen LogP contribution in [0.1, 0.15) is 5.56 Å². The van der Waals surface area contributed by atoms with E-state index in [0.717, 1.165) is 5.56 Å². The van der Waals surface area contributed by atoms with Gasteiger partial charge < -0.3 is 14.2 Å². The Morgan fingerprint density at radius 1 is 0.960 bits per heavy atom. The van der Waals surface area contributed by atoms with Crippen molar-refractivity contribution in [1.82, 2.24) is 4.72 Å². The van der Waals surface area contributed by atoms with Crippen LogP contribution >= 0.6 is 11.6 Å². The van der Waals surface area contributed by atoms with Gasteiger partial charge in [-0.25, -0.2) is 13.1 Å². The van der Waals surface area contributed by atoms with E-state index in [0.29, 0.717) is 28.7 Å². The quantitative estimate of drug-likeness (QED) is 0.756. The molecule has 0 spiro atoms. The Balaban J connectivity index is 2.10. The lowest BCUT2D eigenvalue weighted by Gasteiger charge is -2.14. The molecule has 0 aromatic heterocycles. The molecule has 6 nitrogen and oxygen atoms in total. The molecule has 2 aromatic rings. The van der Waals surface area contributed by atoms with Crippen molar-refractivity contribution in [2.75, 3.05) is 27.9 Å². The first-order chi connectivity index (χ1) is 11.9. The van der Waals surface area contributed by atoms with Crippen LogP contribution in [-0.4, -0.2) is 36.3 Å². The Morgan fingerprint density at radius 3 is 2.00 bits per heavy atom. The van der Waals surface area contributed by atoms with Gasteiger partial charge in [-0.1, -0.05) is 11.6 Å². The van der Waals surface area contributed by atoms with Gasteiger partial charge in [-0.3, -0.25) is 0 Å². The summed E-state index contributed by atoms with van der Waals surface area (Å²) in [7, 11) is 1.00. The van der Waals surface area contributed by atoms with Crippen molar-refractivity contribution < 1.29 is 22.6 Å². The molecule has 0 aliphatic rings. The predicted molar refractivity (Wildman–Crippen MR) is 96.4 cm³/mol. The van der Waals surface area contributed by atoms with Gasteiger partial charge in [-0.05, 0) is 48.4 Å². The second-order valence-corrected chi connectivity index (χ2v) is 7.34. The molecule has 0 heterocycles. The molecule has 8 heteroatoms. The highest BCUT2D eigenvalue weighted by atomic mass is 35.5. The number of halogens is 1. The normalized spacial score (nSPS) is 11.2. The smallest absolute Gasteiger partial charge is 0.240 e. The minimum Gasteiger partial charge on any atom is -0.493 e. The van der Waals surface area contributed by atoms with E-state index in [2.05, 4.69) is 4.72 Å². The first-order valence-corrected chi connectivity index (χ1v) is 9.31. The van der Waals surface area contributed by atoms with E-state index < -0.39 is 10.0 Å². The number of hydrogen-bond acceptors (Lipinski definition) is 5. The van der Waals surface area contributed by atoms with Gasteiger partial charge >= 0.3 is 0 Å². The van der Waals surface area contributed by atoms with Crippen molar-refractivity contribution in [2.45, 2.75) is 11.3 Å². The second kappa shape index (κ2) is 8.42. The molecule has 0 bridgehead atoms. The standard InChI is InChI=1S/C17H20ClNO5S/c1-22-15-10-12(11-16(23-2)17(15)24-3)8-9-19-25(20,21)14-6-4-13(18)5-7-14/h4-7,10-11,19H,8-9H2,1-3H3. The highest BCUT2D eigenvalue weighted by Gasteiger charge is 2.15. The van der Waals surface area contributed by atoms with E-state index in [1.165, 1.54) is 45.6 Å². The fourth-order valence-electron chi connectivity index (χ4n) is 2.31. The largest absolute Gasteiger partial charge is 0.493 e. The molecule has 0 atom stereocenters. The van der Waals surface area contributed by atoms with Crippen LogP contribution in [0.25, 0.3) is 0 Å². The zero-order chi connectivity index (χ0) is 18.4. The Bertz CT molecular complexity index is 796. The lowest BCUT2D eigenvalue weighted by molar-refractivity contribution is 0.324. The maximum atomic E-state index is 12.3. The van der Waals surface area contributed by atoms with Gasteiger partial charge in [-0.2, -0.15) is 0 Å². The minimum atomic E-state index is -3.59. The molecule has 0 radical (unpaired) electrons. The Labute approximate surface area is 152 Å². The molecule has 0 aliphatic carbocycles.